The second-order valence-electron chi connectivity index (χ2n) is 8.05. The fourth-order valence-corrected chi connectivity index (χ4v) is 4.17. The number of aromatic nitrogens is 2. The van der Waals surface area contributed by atoms with Gasteiger partial charge >= 0.3 is 0 Å². The first kappa shape index (κ1) is 22.3. The van der Waals surface area contributed by atoms with Gasteiger partial charge in [-0.3, -0.25) is 4.79 Å². The van der Waals surface area contributed by atoms with E-state index < -0.39 is 0 Å². The third-order valence-electron chi connectivity index (χ3n) is 6.00. The SMILES string of the molecule is COc1ccc(CNC(=O)c2cc3c([nH]c4ccccc43)c(-c3ccc(OC)cc3OC)n2)cc1. The van der Waals surface area contributed by atoms with Crippen LogP contribution in [0.3, 0.4) is 0 Å². The molecule has 7 nitrogen and oxygen atoms in total. The summed E-state index contributed by atoms with van der Waals surface area (Å²) in [5.41, 5.74) is 4.48. The standard InChI is InChI=1S/C28H25N3O4/c1-33-18-10-8-17(9-11-18)16-29-28(32)24-15-22-20-6-4-5-7-23(20)30-27(22)26(31-24)21-13-12-19(34-2)14-25(21)35-3/h4-15,30H,16H2,1-3H3,(H,29,32). The first-order chi connectivity index (χ1) is 17.1. The Morgan fingerprint density at radius 2 is 1.60 bits per heavy atom. The van der Waals surface area contributed by atoms with Crippen molar-refractivity contribution in [1.29, 1.82) is 0 Å². The van der Waals surface area contributed by atoms with Gasteiger partial charge < -0.3 is 24.5 Å². The van der Waals surface area contributed by atoms with Gasteiger partial charge in [-0.25, -0.2) is 4.98 Å². The molecule has 1 amide bonds. The van der Waals surface area contributed by atoms with Crippen LogP contribution in [0.4, 0.5) is 0 Å². The van der Waals surface area contributed by atoms with E-state index in [0.29, 0.717) is 29.4 Å². The Kier molecular flexibility index (Phi) is 5.97. The van der Waals surface area contributed by atoms with Crippen molar-refractivity contribution in [1.82, 2.24) is 15.3 Å². The molecule has 2 aromatic heterocycles. The van der Waals surface area contributed by atoms with E-state index in [0.717, 1.165) is 38.7 Å². The molecule has 0 aliphatic heterocycles. The van der Waals surface area contributed by atoms with Gasteiger partial charge in [-0.1, -0.05) is 30.3 Å². The number of nitrogens with one attached hydrogen (secondary N) is 2. The Bertz CT molecular complexity index is 1520. The van der Waals surface area contributed by atoms with Crippen molar-refractivity contribution in [3.63, 3.8) is 0 Å². The highest BCUT2D eigenvalue weighted by Gasteiger charge is 2.19. The molecule has 3 aromatic carbocycles. The molecule has 0 fully saturated rings. The molecule has 5 aromatic rings. The third-order valence-corrected chi connectivity index (χ3v) is 6.00. The van der Waals surface area contributed by atoms with E-state index in [4.69, 9.17) is 19.2 Å². The van der Waals surface area contributed by atoms with Gasteiger partial charge in [-0.2, -0.15) is 0 Å². The van der Waals surface area contributed by atoms with Crippen LogP contribution in [-0.2, 0) is 6.54 Å². The molecule has 0 atom stereocenters. The van der Waals surface area contributed by atoms with Crippen LogP contribution in [0, 0.1) is 0 Å². The van der Waals surface area contributed by atoms with Crippen LogP contribution in [0.15, 0.2) is 72.8 Å². The molecule has 0 radical (unpaired) electrons. The molecular weight excluding hydrogens is 442 g/mol. The number of nitrogens with zero attached hydrogens (tertiary/aromatic N) is 1. The minimum absolute atomic E-state index is 0.262. The van der Waals surface area contributed by atoms with E-state index in [1.165, 1.54) is 0 Å². The Morgan fingerprint density at radius 1 is 0.857 bits per heavy atom. The fraction of sp³-hybridized carbons (Fsp3) is 0.143. The maximum atomic E-state index is 13.2. The number of H-pyrrole nitrogens is 1. The molecule has 35 heavy (non-hydrogen) atoms. The molecule has 0 saturated carbocycles. The molecule has 2 N–H and O–H groups in total. The summed E-state index contributed by atoms with van der Waals surface area (Å²) in [5.74, 6) is 1.78. The molecule has 0 saturated heterocycles. The largest absolute Gasteiger partial charge is 0.497 e. The summed E-state index contributed by atoms with van der Waals surface area (Å²) in [7, 11) is 4.83. The van der Waals surface area contributed by atoms with Gasteiger partial charge in [0.05, 0.1) is 32.5 Å². The molecule has 0 spiro atoms. The monoisotopic (exact) mass is 467 g/mol. The molecule has 2 heterocycles. The number of rotatable bonds is 7. The van der Waals surface area contributed by atoms with Gasteiger partial charge in [0.15, 0.2) is 0 Å². The van der Waals surface area contributed by atoms with Crippen molar-refractivity contribution in [3.8, 4) is 28.5 Å². The summed E-state index contributed by atoms with van der Waals surface area (Å²) >= 11 is 0. The number of benzene rings is 3. The number of aromatic amines is 1. The zero-order valence-corrected chi connectivity index (χ0v) is 19.7. The lowest BCUT2D eigenvalue weighted by Gasteiger charge is -2.13. The Morgan fingerprint density at radius 3 is 2.34 bits per heavy atom. The summed E-state index contributed by atoms with van der Waals surface area (Å²) < 4.78 is 16.2. The average Bonchev–Trinajstić information content (AvgIpc) is 3.29. The van der Waals surface area contributed by atoms with Gasteiger partial charge in [0.25, 0.3) is 5.91 Å². The van der Waals surface area contributed by atoms with Crippen molar-refractivity contribution >= 4 is 27.7 Å². The van der Waals surface area contributed by atoms with E-state index in [1.807, 2.05) is 72.8 Å². The number of hydrogen-bond donors (Lipinski definition) is 2. The van der Waals surface area contributed by atoms with Gasteiger partial charge in [-0.05, 0) is 42.0 Å². The lowest BCUT2D eigenvalue weighted by Crippen LogP contribution is -2.24. The summed E-state index contributed by atoms with van der Waals surface area (Å²) in [6.45, 7) is 0.373. The molecular formula is C28H25N3O4. The number of carbonyl (C=O) groups is 1. The first-order valence-corrected chi connectivity index (χ1v) is 11.2. The Hall–Kier alpha value is -4.52. The zero-order valence-electron chi connectivity index (χ0n) is 19.7. The first-order valence-electron chi connectivity index (χ1n) is 11.2. The van der Waals surface area contributed by atoms with E-state index >= 15 is 0 Å². The van der Waals surface area contributed by atoms with Crippen LogP contribution in [-0.4, -0.2) is 37.2 Å². The molecule has 0 unspecified atom stereocenters. The predicted octanol–water partition coefficient (Wildman–Crippen LogP) is 5.34. The van der Waals surface area contributed by atoms with Crippen molar-refractivity contribution in [2.24, 2.45) is 0 Å². The highest BCUT2D eigenvalue weighted by atomic mass is 16.5. The number of carbonyl (C=O) groups excluding carboxylic acids is 1. The lowest BCUT2D eigenvalue weighted by molar-refractivity contribution is 0.0946. The van der Waals surface area contributed by atoms with Gasteiger partial charge in [0.2, 0.25) is 0 Å². The number of para-hydroxylation sites is 1. The highest BCUT2D eigenvalue weighted by molar-refractivity contribution is 6.13. The third kappa shape index (κ3) is 4.24. The maximum Gasteiger partial charge on any atom is 0.270 e. The quantitative estimate of drug-likeness (QED) is 0.338. The summed E-state index contributed by atoms with van der Waals surface area (Å²) in [4.78, 5) is 21.5. The second-order valence-corrected chi connectivity index (χ2v) is 8.05. The van der Waals surface area contributed by atoms with Crippen LogP contribution in [0.1, 0.15) is 16.1 Å². The van der Waals surface area contributed by atoms with Gasteiger partial charge in [0, 0.05) is 34.5 Å². The van der Waals surface area contributed by atoms with Crippen LogP contribution in [0.25, 0.3) is 33.1 Å². The minimum Gasteiger partial charge on any atom is -0.497 e. The Labute approximate surface area is 202 Å². The number of hydrogen-bond acceptors (Lipinski definition) is 5. The molecule has 0 bridgehead atoms. The molecule has 176 valence electrons. The minimum atomic E-state index is -0.262. The van der Waals surface area contributed by atoms with Crippen molar-refractivity contribution in [2.45, 2.75) is 6.54 Å². The second kappa shape index (κ2) is 9.38. The molecule has 7 heteroatoms. The smallest absolute Gasteiger partial charge is 0.270 e. The van der Waals surface area contributed by atoms with Crippen LogP contribution < -0.4 is 19.5 Å². The van der Waals surface area contributed by atoms with Crippen molar-refractivity contribution in [2.75, 3.05) is 21.3 Å². The lowest BCUT2D eigenvalue weighted by atomic mass is 10.0. The number of ether oxygens (including phenoxy) is 3. The van der Waals surface area contributed by atoms with E-state index in [9.17, 15) is 4.79 Å². The topological polar surface area (TPSA) is 85.5 Å². The van der Waals surface area contributed by atoms with Gasteiger partial charge in [-0.15, -0.1) is 0 Å². The fourth-order valence-electron chi connectivity index (χ4n) is 4.17. The van der Waals surface area contributed by atoms with Crippen molar-refractivity contribution in [3.05, 3.63) is 84.1 Å². The van der Waals surface area contributed by atoms with Crippen LogP contribution in [0.5, 0.6) is 17.2 Å². The number of methoxy groups -OCH3 is 3. The highest BCUT2D eigenvalue weighted by Crippen LogP contribution is 2.38. The number of fused-ring (bicyclic) bond motifs is 3. The van der Waals surface area contributed by atoms with Crippen LogP contribution >= 0.6 is 0 Å². The average molecular weight is 468 g/mol. The molecule has 0 aliphatic carbocycles. The predicted molar refractivity (Wildman–Crippen MR) is 136 cm³/mol. The van der Waals surface area contributed by atoms with Gasteiger partial charge in [0.1, 0.15) is 22.9 Å². The Balaban J connectivity index is 1.59. The summed E-state index contributed by atoms with van der Waals surface area (Å²) in [6.07, 6.45) is 0. The number of amides is 1. The molecule has 5 rings (SSSR count). The van der Waals surface area contributed by atoms with E-state index in [2.05, 4.69) is 10.3 Å². The van der Waals surface area contributed by atoms with Crippen LogP contribution in [0.2, 0.25) is 0 Å². The van der Waals surface area contributed by atoms with E-state index in [-0.39, 0.29) is 5.91 Å². The van der Waals surface area contributed by atoms with E-state index in [1.54, 1.807) is 21.3 Å². The molecule has 0 aliphatic rings. The number of pyridine rings is 1. The normalized spacial score (nSPS) is 10.9. The maximum absolute atomic E-state index is 13.2. The summed E-state index contributed by atoms with van der Waals surface area (Å²) in [6, 6.07) is 22.9. The summed E-state index contributed by atoms with van der Waals surface area (Å²) in [5, 5.41) is 4.91. The zero-order chi connectivity index (χ0) is 24.4. The van der Waals surface area contributed by atoms with Crippen molar-refractivity contribution < 1.29 is 19.0 Å².